The second-order valence-corrected chi connectivity index (χ2v) is 25.0. The molecule has 9 atom stereocenters. The highest BCUT2D eigenvalue weighted by molar-refractivity contribution is 7.99. The van der Waals surface area contributed by atoms with Crippen molar-refractivity contribution in [1.29, 1.82) is 0 Å². The summed E-state index contributed by atoms with van der Waals surface area (Å²) in [6.45, 7) is 1.45. The molecule has 10 aromatic rings. The summed E-state index contributed by atoms with van der Waals surface area (Å²) in [6, 6.07) is 19.4. The van der Waals surface area contributed by atoms with E-state index in [9.17, 15) is 50.4 Å². The van der Waals surface area contributed by atoms with Crippen molar-refractivity contribution >= 4 is 63.9 Å². The largest absolute Gasteiger partial charge is 0.508 e. The molecule has 0 aliphatic carbocycles. The molecule has 6 aliphatic heterocycles. The van der Waals surface area contributed by atoms with E-state index in [4.69, 9.17) is 18.9 Å². The number of benzene rings is 8. The van der Waals surface area contributed by atoms with Crippen LogP contribution in [0.5, 0.6) is 69.0 Å². The van der Waals surface area contributed by atoms with Crippen LogP contribution in [0.15, 0.2) is 180 Å². The highest BCUT2D eigenvalue weighted by Gasteiger charge is 2.43. The molecule has 17 bridgehead atoms. The number of rotatable bonds is 4. The predicted molar refractivity (Wildman–Crippen MR) is 355 cm³/mol. The monoisotopic (exact) mass is 1380 g/mol. The minimum Gasteiger partial charge on any atom is -0.508 e. The first-order valence-corrected chi connectivity index (χ1v) is 31.9. The lowest BCUT2D eigenvalue weighted by Gasteiger charge is -2.32. The maximum absolute atomic E-state index is 16.0. The Morgan fingerprint density at radius 2 is 1.04 bits per heavy atom. The Labute approximate surface area is 574 Å². The van der Waals surface area contributed by atoms with Gasteiger partial charge in [0, 0.05) is 57.7 Å². The van der Waals surface area contributed by atoms with Gasteiger partial charge >= 0.3 is 5.97 Å². The van der Waals surface area contributed by atoms with Gasteiger partial charge in [0.15, 0.2) is 34.2 Å². The molecule has 101 heavy (non-hydrogen) atoms. The van der Waals surface area contributed by atoms with Gasteiger partial charge in [0.25, 0.3) is 0 Å². The summed E-state index contributed by atoms with van der Waals surface area (Å²) in [4.78, 5) is 117. The quantitative estimate of drug-likeness (QED) is 0.0619. The van der Waals surface area contributed by atoms with E-state index in [0.29, 0.717) is 15.8 Å². The number of esters is 1. The number of methoxy groups -OCH3 is 1. The van der Waals surface area contributed by atoms with Gasteiger partial charge in [-0.25, -0.2) is 14.8 Å². The number of fused-ring (bicyclic) bond motifs is 15. The molecule has 0 saturated heterocycles. The van der Waals surface area contributed by atoms with Crippen molar-refractivity contribution in [3.8, 4) is 80.1 Å². The maximum atomic E-state index is 16.0. The van der Waals surface area contributed by atoms with Gasteiger partial charge in [-0.1, -0.05) is 60.7 Å². The van der Waals surface area contributed by atoms with E-state index >= 15 is 24.0 Å². The van der Waals surface area contributed by atoms with Crippen molar-refractivity contribution in [2.24, 2.45) is 0 Å². The van der Waals surface area contributed by atoms with Crippen LogP contribution in [0.3, 0.4) is 0 Å². The number of carbonyl (C=O) groups excluding carboxylic acids is 7. The Morgan fingerprint density at radius 3 is 1.68 bits per heavy atom. The molecular weight excluding hydrogens is 1330 g/mol. The molecule has 6 aliphatic rings. The molecule has 28 nitrogen and oxygen atoms in total. The molecule has 8 aromatic carbocycles. The summed E-state index contributed by atoms with van der Waals surface area (Å²) >= 11 is 1.11. The lowest BCUT2D eigenvalue weighted by atomic mass is 9.89. The summed E-state index contributed by atoms with van der Waals surface area (Å²) < 4.78 is 25.7. The Balaban J connectivity index is 0.958. The zero-order chi connectivity index (χ0) is 70.8. The van der Waals surface area contributed by atoms with Gasteiger partial charge in [-0.05, 0) is 137 Å². The molecule has 510 valence electrons. The number of ether oxygens (including phenoxy) is 4. The summed E-state index contributed by atoms with van der Waals surface area (Å²) in [5.74, 6) is -13.7. The summed E-state index contributed by atoms with van der Waals surface area (Å²) in [6.07, 6.45) is 0.742. The summed E-state index contributed by atoms with van der Waals surface area (Å²) in [5, 5.41) is 112. The van der Waals surface area contributed by atoms with Crippen LogP contribution in [0, 0.1) is 6.92 Å². The van der Waals surface area contributed by atoms with Crippen molar-refractivity contribution in [2.75, 3.05) is 7.11 Å². The van der Waals surface area contributed by atoms with Crippen molar-refractivity contribution in [3.63, 3.8) is 0 Å². The smallest absolute Gasteiger partial charge is 0.333 e. The molecule has 6 amide bonds. The van der Waals surface area contributed by atoms with Crippen molar-refractivity contribution in [1.82, 2.24) is 46.4 Å². The minimum atomic E-state index is -2.17. The molecule has 8 heterocycles. The zero-order valence-electron chi connectivity index (χ0n) is 52.7. The number of aliphatic hydroxyl groups excluding tert-OH is 2. The first-order valence-electron chi connectivity index (χ1n) is 31.0. The molecule has 0 fully saturated rings. The summed E-state index contributed by atoms with van der Waals surface area (Å²) in [7, 11) is 0.978. The number of aromatic hydroxyl groups is 6. The SMILES string of the molecule is COC(=O)[C@H]1NC(=O)[C@H]2NC(=O)[C@H](NC(=O)[C@@H]3NC(=O)[C@H]4NC(=O)[C@H](NC(=O)[C@H](n5cc6ccccc6c5Sc5ncccn5)c5ccc(O)c(c5)Oc5cc4cc(O)c5C)[C@H](O)c4ccc(cc4)Oc4cc3cc(c4O)Oc3ccc(cc3)[C@H]2O)c2ccc(O)c(c2)-c2c(O)cc(O)cc21. The number of carbonyl (C=O) groups is 7. The fraction of sp³-hybridized carbons (Fsp3) is 0.153. The molecular formula is C72H57N9O19S. The standard InChI is InChI=1S/C72H57N9O19S/c1-31-47(85)23-37-25-49(31)100-50-24-35(13-19-46(50)84)60(81-30-36-6-3-4-7-42(36)70(81)101-72-73-20-5-21-74-72)69(95)80-59-62(88)33-10-16-41(17-11-33)99-52-27-38-26-51(63(52)89)98-40-14-8-32(9-15-40)61(87)58-68(94)78-57(71(96)97-2)44-28-39(82)29-48(86)53(44)43-22-34(12-18-45(43)83)54(64(90)79-58)75-66(92)56(38)76-65(91)55(37)77-67(59)93/h3-30,54-62,82-89H,1-2H3,(H,75,92)(H,76,91)(H,77,93)(H,78,94)(H,79,90)(H,80,95)/t54-,55+,56-,57+,58+,59-,60-,61-,62-/m1/s1. The van der Waals surface area contributed by atoms with E-state index in [0.717, 1.165) is 61.3 Å². The molecule has 29 heteroatoms. The third-order valence-electron chi connectivity index (χ3n) is 17.7. The molecule has 16 rings (SSSR count). The van der Waals surface area contributed by atoms with Crippen LogP contribution in [-0.4, -0.2) is 116 Å². The Bertz CT molecular complexity index is 5080. The van der Waals surface area contributed by atoms with Gasteiger partial charge in [-0.15, -0.1) is 0 Å². The van der Waals surface area contributed by atoms with Crippen LogP contribution in [0.4, 0.5) is 0 Å². The van der Waals surface area contributed by atoms with E-state index in [-0.39, 0.29) is 83.8 Å². The van der Waals surface area contributed by atoms with Crippen LogP contribution in [0.2, 0.25) is 0 Å². The predicted octanol–water partition coefficient (Wildman–Crippen LogP) is 7.05. The first kappa shape index (κ1) is 65.4. The van der Waals surface area contributed by atoms with Gasteiger partial charge in [0.2, 0.25) is 41.2 Å². The second kappa shape index (κ2) is 26.2. The fourth-order valence-electron chi connectivity index (χ4n) is 12.5. The molecule has 0 radical (unpaired) electrons. The number of aliphatic hydroxyl groups is 2. The average molecular weight is 1380 g/mol. The number of nitrogens with zero attached hydrogens (tertiary/aromatic N) is 3. The minimum absolute atomic E-state index is 0.00192. The number of hydrogen-bond acceptors (Lipinski definition) is 22. The number of phenols is 6. The fourth-order valence-corrected chi connectivity index (χ4v) is 13.5. The highest BCUT2D eigenvalue weighted by Crippen LogP contribution is 2.48. The van der Waals surface area contributed by atoms with Crippen LogP contribution in [-0.2, 0) is 38.3 Å². The lowest BCUT2D eigenvalue weighted by molar-refractivity contribution is -0.146. The van der Waals surface area contributed by atoms with Gasteiger partial charge in [0.1, 0.15) is 88.7 Å². The second-order valence-electron chi connectivity index (χ2n) is 24.0. The highest BCUT2D eigenvalue weighted by atomic mass is 32.2. The number of hydrogen-bond donors (Lipinski definition) is 14. The van der Waals surface area contributed by atoms with Crippen molar-refractivity contribution < 1.29 is 93.4 Å². The third-order valence-corrected chi connectivity index (χ3v) is 18.7. The van der Waals surface area contributed by atoms with Crippen LogP contribution >= 0.6 is 11.8 Å². The number of amides is 6. The van der Waals surface area contributed by atoms with Crippen LogP contribution in [0.1, 0.15) is 86.9 Å². The first-order chi connectivity index (χ1) is 48.6. The maximum Gasteiger partial charge on any atom is 0.333 e. The van der Waals surface area contributed by atoms with Crippen molar-refractivity contribution in [3.05, 3.63) is 215 Å². The molecule has 2 aromatic heterocycles. The molecule has 0 unspecified atom stereocenters. The van der Waals surface area contributed by atoms with E-state index in [2.05, 4.69) is 41.9 Å². The van der Waals surface area contributed by atoms with Crippen LogP contribution in [0.25, 0.3) is 21.9 Å². The Morgan fingerprint density at radius 1 is 0.505 bits per heavy atom. The van der Waals surface area contributed by atoms with E-state index in [1.165, 1.54) is 98.2 Å². The average Bonchev–Trinajstić information content (AvgIpc) is 1.75. The van der Waals surface area contributed by atoms with Gasteiger partial charge in [-0.3, -0.25) is 28.8 Å². The third kappa shape index (κ3) is 12.4. The molecule has 0 spiro atoms. The van der Waals surface area contributed by atoms with Crippen molar-refractivity contribution in [2.45, 2.75) is 71.6 Å². The Hall–Kier alpha value is -12.9. The molecule has 14 N–H and O–H groups in total. The van der Waals surface area contributed by atoms with Gasteiger partial charge in [-0.2, -0.15) is 0 Å². The Kier molecular flexibility index (Phi) is 17.0. The van der Waals surface area contributed by atoms with Gasteiger partial charge in [0.05, 0.1) is 12.1 Å². The summed E-state index contributed by atoms with van der Waals surface area (Å²) in [5.41, 5.74) is -1.76. The zero-order valence-corrected chi connectivity index (χ0v) is 53.5. The van der Waals surface area contributed by atoms with Crippen LogP contribution < -0.4 is 46.1 Å². The van der Waals surface area contributed by atoms with Gasteiger partial charge < -0.3 is 96.3 Å². The molecule has 0 saturated carbocycles. The number of phenolic OH excluding ortho intramolecular Hbond substituents is 6. The van der Waals surface area contributed by atoms with E-state index < -0.39 is 142 Å². The topological polar surface area (TPSA) is 421 Å². The normalized spacial score (nSPS) is 21.1. The van der Waals surface area contributed by atoms with E-state index in [1.807, 2.05) is 6.07 Å². The lowest BCUT2D eigenvalue weighted by Crippen LogP contribution is -2.55. The van der Waals surface area contributed by atoms with E-state index in [1.54, 1.807) is 35.0 Å². The number of aromatic nitrogens is 3. The number of nitrogens with one attached hydrogen (secondary N) is 6.